The standard InChI is InChI=1S/C20H21N9O2/c1-21-18-13-10-22-16(23-20(30)11-7-8-11)9-15(13)29(26-18)14-6-4-5-12(17(14)31-3)19-24-27-28(2)25-19/h4-6,9-11H,7-8H2,1-3H3,(H,21,26)(H,22,23,30). The van der Waals surface area contributed by atoms with E-state index in [-0.39, 0.29) is 11.8 Å². The molecule has 158 valence electrons. The SMILES string of the molecule is CNc1nn(-c2cccc(-c3nnn(C)n3)c2OC)c2cc(NC(=O)C3CC3)ncc12. The fourth-order valence-corrected chi connectivity index (χ4v) is 3.49. The van der Waals surface area contributed by atoms with Gasteiger partial charge in [-0.05, 0) is 30.2 Å². The number of aryl methyl sites for hydroxylation is 1. The first kappa shape index (κ1) is 19.0. The van der Waals surface area contributed by atoms with Crippen molar-refractivity contribution in [3.8, 4) is 22.8 Å². The summed E-state index contributed by atoms with van der Waals surface area (Å²) >= 11 is 0. The minimum atomic E-state index is 0.0000552. The van der Waals surface area contributed by atoms with E-state index in [2.05, 4.69) is 31.0 Å². The van der Waals surface area contributed by atoms with Gasteiger partial charge in [-0.1, -0.05) is 6.07 Å². The van der Waals surface area contributed by atoms with Crippen molar-refractivity contribution in [2.24, 2.45) is 13.0 Å². The molecule has 3 heterocycles. The molecule has 4 aromatic rings. The Bertz CT molecular complexity index is 1290. The first-order valence-electron chi connectivity index (χ1n) is 9.88. The number of tetrazole rings is 1. The highest BCUT2D eigenvalue weighted by Crippen LogP contribution is 2.36. The molecule has 31 heavy (non-hydrogen) atoms. The van der Waals surface area contributed by atoms with Crippen molar-refractivity contribution >= 4 is 28.4 Å². The van der Waals surface area contributed by atoms with Crippen molar-refractivity contribution in [1.29, 1.82) is 0 Å². The molecule has 2 N–H and O–H groups in total. The normalized spacial score (nSPS) is 13.4. The minimum Gasteiger partial charge on any atom is -0.494 e. The zero-order valence-corrected chi connectivity index (χ0v) is 17.3. The second kappa shape index (κ2) is 7.35. The Labute approximate surface area is 177 Å². The number of anilines is 2. The number of hydrogen-bond donors (Lipinski definition) is 2. The molecule has 11 heteroatoms. The highest BCUT2D eigenvalue weighted by molar-refractivity contribution is 5.97. The van der Waals surface area contributed by atoms with E-state index in [0.29, 0.717) is 34.5 Å². The Morgan fingerprint density at radius 2 is 2.10 bits per heavy atom. The molecular weight excluding hydrogens is 398 g/mol. The van der Waals surface area contributed by atoms with Crippen molar-refractivity contribution in [2.75, 3.05) is 24.8 Å². The van der Waals surface area contributed by atoms with Gasteiger partial charge >= 0.3 is 0 Å². The average Bonchev–Trinajstić information content (AvgIpc) is 3.45. The molecule has 1 saturated carbocycles. The molecular formula is C20H21N9O2. The molecule has 0 saturated heterocycles. The summed E-state index contributed by atoms with van der Waals surface area (Å²) in [6.45, 7) is 0. The molecule has 0 atom stereocenters. The summed E-state index contributed by atoms with van der Waals surface area (Å²) in [7, 11) is 5.09. The van der Waals surface area contributed by atoms with Gasteiger partial charge in [0.05, 0.1) is 30.6 Å². The zero-order valence-electron chi connectivity index (χ0n) is 17.3. The Balaban J connectivity index is 1.66. The molecule has 0 spiro atoms. The molecule has 1 aliphatic carbocycles. The Morgan fingerprint density at radius 1 is 1.26 bits per heavy atom. The number of amides is 1. The topological polar surface area (TPSA) is 125 Å². The molecule has 0 bridgehead atoms. The van der Waals surface area contributed by atoms with Crippen LogP contribution in [-0.2, 0) is 11.8 Å². The van der Waals surface area contributed by atoms with Gasteiger partial charge in [-0.25, -0.2) is 9.67 Å². The Morgan fingerprint density at radius 3 is 2.77 bits per heavy atom. The van der Waals surface area contributed by atoms with Crippen molar-refractivity contribution in [1.82, 2.24) is 35.0 Å². The molecule has 0 aliphatic heterocycles. The number of methoxy groups -OCH3 is 1. The fraction of sp³-hybridized carbons (Fsp3) is 0.300. The summed E-state index contributed by atoms with van der Waals surface area (Å²) in [5, 5.41) is 23.8. The number of carbonyl (C=O) groups excluding carboxylic acids is 1. The van der Waals surface area contributed by atoms with E-state index in [1.807, 2.05) is 24.3 Å². The number of benzene rings is 1. The van der Waals surface area contributed by atoms with E-state index in [1.54, 1.807) is 32.1 Å². The number of ether oxygens (including phenoxy) is 1. The van der Waals surface area contributed by atoms with Crippen LogP contribution in [0.25, 0.3) is 28.0 Å². The first-order valence-corrected chi connectivity index (χ1v) is 9.88. The summed E-state index contributed by atoms with van der Waals surface area (Å²) in [6.07, 6.45) is 3.56. The third-order valence-corrected chi connectivity index (χ3v) is 5.18. The molecule has 11 nitrogen and oxygen atoms in total. The third kappa shape index (κ3) is 3.33. The second-order valence-corrected chi connectivity index (χ2v) is 7.32. The van der Waals surface area contributed by atoms with Crippen LogP contribution in [-0.4, -0.2) is 55.0 Å². The number of hydrogen-bond acceptors (Lipinski definition) is 8. The fourth-order valence-electron chi connectivity index (χ4n) is 3.49. The van der Waals surface area contributed by atoms with Crippen molar-refractivity contribution < 1.29 is 9.53 Å². The molecule has 1 fully saturated rings. The zero-order chi connectivity index (χ0) is 21.5. The number of fused-ring (bicyclic) bond motifs is 1. The lowest BCUT2D eigenvalue weighted by Crippen LogP contribution is -2.14. The molecule has 1 amide bonds. The molecule has 1 aliphatic rings. The number of nitrogens with one attached hydrogen (secondary N) is 2. The largest absolute Gasteiger partial charge is 0.494 e. The van der Waals surface area contributed by atoms with Gasteiger partial charge < -0.3 is 15.4 Å². The van der Waals surface area contributed by atoms with Gasteiger partial charge in [0.25, 0.3) is 0 Å². The monoisotopic (exact) mass is 419 g/mol. The van der Waals surface area contributed by atoms with Crippen LogP contribution in [0.4, 0.5) is 11.6 Å². The molecule has 1 aromatic carbocycles. The first-order chi connectivity index (χ1) is 15.1. The van der Waals surface area contributed by atoms with Gasteiger partial charge in [-0.15, -0.1) is 15.3 Å². The van der Waals surface area contributed by atoms with Crippen molar-refractivity contribution in [3.63, 3.8) is 0 Å². The summed E-state index contributed by atoms with van der Waals surface area (Å²) in [6, 6.07) is 7.46. The summed E-state index contributed by atoms with van der Waals surface area (Å²) in [5.41, 5.74) is 2.16. The summed E-state index contributed by atoms with van der Waals surface area (Å²) < 4.78 is 7.50. The molecule has 0 radical (unpaired) electrons. The van der Waals surface area contributed by atoms with E-state index >= 15 is 0 Å². The van der Waals surface area contributed by atoms with Gasteiger partial charge in [-0.2, -0.15) is 4.80 Å². The predicted octanol–water partition coefficient (Wildman–Crippen LogP) is 2.01. The van der Waals surface area contributed by atoms with Gasteiger partial charge in [0.1, 0.15) is 11.5 Å². The van der Waals surface area contributed by atoms with Gasteiger partial charge in [0.2, 0.25) is 11.7 Å². The highest BCUT2D eigenvalue weighted by Gasteiger charge is 2.30. The van der Waals surface area contributed by atoms with E-state index in [1.165, 1.54) is 4.80 Å². The quantitative estimate of drug-likeness (QED) is 0.486. The van der Waals surface area contributed by atoms with E-state index < -0.39 is 0 Å². The van der Waals surface area contributed by atoms with E-state index in [9.17, 15) is 4.79 Å². The molecule has 3 aromatic heterocycles. The van der Waals surface area contributed by atoms with Crippen molar-refractivity contribution in [3.05, 3.63) is 30.5 Å². The number of pyridine rings is 1. The maximum absolute atomic E-state index is 12.2. The van der Waals surface area contributed by atoms with Gasteiger partial charge in [0, 0.05) is 25.2 Å². The number of para-hydroxylation sites is 1. The second-order valence-electron chi connectivity index (χ2n) is 7.32. The van der Waals surface area contributed by atoms with E-state index in [4.69, 9.17) is 9.84 Å². The van der Waals surface area contributed by atoms with Gasteiger partial charge in [-0.3, -0.25) is 4.79 Å². The van der Waals surface area contributed by atoms with Crippen LogP contribution >= 0.6 is 0 Å². The predicted molar refractivity (Wildman–Crippen MR) is 114 cm³/mol. The van der Waals surface area contributed by atoms with Crippen LogP contribution in [0.5, 0.6) is 5.75 Å². The van der Waals surface area contributed by atoms with Crippen LogP contribution in [0.1, 0.15) is 12.8 Å². The number of carbonyl (C=O) groups is 1. The number of rotatable bonds is 6. The van der Waals surface area contributed by atoms with E-state index in [0.717, 1.165) is 23.7 Å². The molecule has 5 rings (SSSR count). The van der Waals surface area contributed by atoms with Gasteiger partial charge in [0.15, 0.2) is 11.6 Å². The summed E-state index contributed by atoms with van der Waals surface area (Å²) in [5.74, 6) is 2.24. The van der Waals surface area contributed by atoms with Crippen LogP contribution in [0.2, 0.25) is 0 Å². The van der Waals surface area contributed by atoms with Crippen LogP contribution in [0.15, 0.2) is 30.5 Å². The molecule has 0 unspecified atom stereocenters. The van der Waals surface area contributed by atoms with Crippen LogP contribution in [0.3, 0.4) is 0 Å². The maximum atomic E-state index is 12.2. The van der Waals surface area contributed by atoms with Crippen LogP contribution < -0.4 is 15.4 Å². The number of aromatic nitrogens is 7. The van der Waals surface area contributed by atoms with Crippen LogP contribution in [0, 0.1) is 5.92 Å². The van der Waals surface area contributed by atoms with Crippen molar-refractivity contribution in [2.45, 2.75) is 12.8 Å². The lowest BCUT2D eigenvalue weighted by molar-refractivity contribution is -0.117. The maximum Gasteiger partial charge on any atom is 0.228 e. The lowest BCUT2D eigenvalue weighted by Gasteiger charge is -2.12. The summed E-state index contributed by atoms with van der Waals surface area (Å²) in [4.78, 5) is 18.0. The number of nitrogens with zero attached hydrogens (tertiary/aromatic N) is 7. The highest BCUT2D eigenvalue weighted by atomic mass is 16.5. The lowest BCUT2D eigenvalue weighted by atomic mass is 10.1. The Kier molecular flexibility index (Phi) is 4.50. The smallest absolute Gasteiger partial charge is 0.228 e. The average molecular weight is 419 g/mol. The minimum absolute atomic E-state index is 0.0000552. The third-order valence-electron chi connectivity index (χ3n) is 5.18. The Hall–Kier alpha value is -4.02.